The first kappa shape index (κ1) is 17.2. The van der Waals surface area contributed by atoms with Gasteiger partial charge >= 0.3 is 6.03 Å². The van der Waals surface area contributed by atoms with Crippen LogP contribution in [0.15, 0.2) is 54.6 Å². The Morgan fingerprint density at radius 3 is 2.38 bits per heavy atom. The van der Waals surface area contributed by atoms with Crippen LogP contribution >= 0.6 is 11.6 Å². The van der Waals surface area contributed by atoms with Gasteiger partial charge in [-0.05, 0) is 36.6 Å². The number of piperazine rings is 1. The Balaban J connectivity index is 1.29. The number of nitrogens with zero attached hydrogens (tertiary/aromatic N) is 2. The average molecular weight is 370 g/mol. The lowest BCUT2D eigenvalue weighted by molar-refractivity contribution is 0.193. The molecule has 2 aliphatic rings. The number of benzene rings is 2. The monoisotopic (exact) mass is 369 g/mol. The van der Waals surface area contributed by atoms with Crippen molar-refractivity contribution in [2.45, 2.75) is 18.3 Å². The Kier molecular flexibility index (Phi) is 4.77. The molecular weight excluding hydrogens is 346 g/mol. The van der Waals surface area contributed by atoms with Crippen LogP contribution in [0.3, 0.4) is 0 Å². The number of anilines is 1. The van der Waals surface area contributed by atoms with E-state index in [0.717, 1.165) is 56.3 Å². The topological polar surface area (TPSA) is 35.6 Å². The molecule has 0 radical (unpaired) electrons. The van der Waals surface area contributed by atoms with E-state index in [4.69, 9.17) is 11.6 Å². The Morgan fingerprint density at radius 1 is 1.00 bits per heavy atom. The van der Waals surface area contributed by atoms with Crippen molar-refractivity contribution < 1.29 is 4.79 Å². The summed E-state index contributed by atoms with van der Waals surface area (Å²) in [6.45, 7) is 3.85. The molecule has 0 atom stereocenters. The normalized spacial score (nSPS) is 18.5. The largest absolute Gasteiger partial charge is 0.368 e. The molecule has 136 valence electrons. The minimum absolute atomic E-state index is 0.0537. The molecular formula is C21H24ClN3O. The fourth-order valence-corrected chi connectivity index (χ4v) is 3.89. The Hall–Kier alpha value is -2.20. The summed E-state index contributed by atoms with van der Waals surface area (Å²) < 4.78 is 0. The van der Waals surface area contributed by atoms with E-state index in [1.807, 2.05) is 29.2 Å². The van der Waals surface area contributed by atoms with Crippen molar-refractivity contribution in [2.24, 2.45) is 0 Å². The van der Waals surface area contributed by atoms with E-state index in [9.17, 15) is 4.79 Å². The number of carbonyl (C=O) groups is 1. The first-order chi connectivity index (χ1) is 12.7. The molecule has 4 nitrogen and oxygen atoms in total. The summed E-state index contributed by atoms with van der Waals surface area (Å²) in [6, 6.07) is 18.5. The van der Waals surface area contributed by atoms with Crippen LogP contribution in [0.2, 0.25) is 5.02 Å². The molecule has 2 fully saturated rings. The zero-order valence-electron chi connectivity index (χ0n) is 14.8. The van der Waals surface area contributed by atoms with Crippen molar-refractivity contribution in [1.29, 1.82) is 0 Å². The van der Waals surface area contributed by atoms with Gasteiger partial charge in [-0.25, -0.2) is 4.79 Å². The van der Waals surface area contributed by atoms with Crippen LogP contribution in [0, 0.1) is 0 Å². The third-order valence-corrected chi connectivity index (χ3v) is 5.79. The molecule has 1 heterocycles. The van der Waals surface area contributed by atoms with E-state index < -0.39 is 0 Å². The average Bonchev–Trinajstić information content (AvgIpc) is 3.48. The summed E-state index contributed by atoms with van der Waals surface area (Å²) in [5.41, 5.74) is 2.61. The highest BCUT2D eigenvalue weighted by atomic mass is 35.5. The molecule has 0 unspecified atom stereocenters. The zero-order chi connectivity index (χ0) is 18.0. The summed E-state index contributed by atoms with van der Waals surface area (Å²) >= 11 is 6.08. The Morgan fingerprint density at radius 2 is 1.73 bits per heavy atom. The third kappa shape index (κ3) is 3.65. The van der Waals surface area contributed by atoms with Gasteiger partial charge in [0, 0.05) is 48.8 Å². The van der Waals surface area contributed by atoms with Crippen LogP contribution < -0.4 is 10.2 Å². The van der Waals surface area contributed by atoms with E-state index in [1.54, 1.807) is 0 Å². The highest BCUT2D eigenvalue weighted by molar-refractivity contribution is 6.30. The van der Waals surface area contributed by atoms with Crippen LogP contribution in [0.4, 0.5) is 10.5 Å². The number of carbonyl (C=O) groups excluding carboxylic acids is 1. The fourth-order valence-electron chi connectivity index (χ4n) is 3.71. The van der Waals surface area contributed by atoms with Gasteiger partial charge in [-0.3, -0.25) is 0 Å². The first-order valence-electron chi connectivity index (χ1n) is 9.25. The number of rotatable bonds is 4. The SMILES string of the molecule is O=C(NCC1(c2ccccc2)CC1)N1CCN(c2cccc(Cl)c2)CC1. The molecule has 2 aromatic rings. The highest BCUT2D eigenvalue weighted by Gasteiger charge is 2.44. The number of halogens is 1. The van der Waals surface area contributed by atoms with Crippen LogP contribution in [-0.4, -0.2) is 43.7 Å². The predicted octanol–water partition coefficient (Wildman–Crippen LogP) is 3.90. The molecule has 0 bridgehead atoms. The summed E-state index contributed by atoms with van der Waals surface area (Å²) in [5.74, 6) is 0. The van der Waals surface area contributed by atoms with Crippen molar-refractivity contribution >= 4 is 23.3 Å². The summed E-state index contributed by atoms with van der Waals surface area (Å²) in [7, 11) is 0. The van der Waals surface area contributed by atoms with E-state index in [0.29, 0.717) is 0 Å². The van der Waals surface area contributed by atoms with Gasteiger partial charge in [0.05, 0.1) is 0 Å². The van der Waals surface area contributed by atoms with Crippen LogP contribution in [0.1, 0.15) is 18.4 Å². The van der Waals surface area contributed by atoms with Crippen molar-refractivity contribution in [2.75, 3.05) is 37.6 Å². The lowest BCUT2D eigenvalue weighted by atomic mass is 9.96. The van der Waals surface area contributed by atoms with Gasteiger partial charge in [0.2, 0.25) is 0 Å². The van der Waals surface area contributed by atoms with Crippen molar-refractivity contribution in [3.63, 3.8) is 0 Å². The number of urea groups is 1. The van der Waals surface area contributed by atoms with Gasteiger partial charge in [0.15, 0.2) is 0 Å². The molecule has 1 saturated heterocycles. The van der Waals surface area contributed by atoms with Crippen molar-refractivity contribution in [1.82, 2.24) is 10.2 Å². The second-order valence-corrected chi connectivity index (χ2v) is 7.70. The summed E-state index contributed by atoms with van der Waals surface area (Å²) in [6.07, 6.45) is 2.31. The summed E-state index contributed by atoms with van der Waals surface area (Å²) in [5, 5.41) is 3.91. The molecule has 0 spiro atoms. The molecule has 0 aromatic heterocycles. The number of hydrogen-bond donors (Lipinski definition) is 1. The maximum atomic E-state index is 12.6. The molecule has 5 heteroatoms. The molecule has 2 aromatic carbocycles. The smallest absolute Gasteiger partial charge is 0.317 e. The molecule has 26 heavy (non-hydrogen) atoms. The number of nitrogens with one attached hydrogen (secondary N) is 1. The minimum atomic E-state index is 0.0537. The molecule has 1 saturated carbocycles. The van der Waals surface area contributed by atoms with E-state index in [-0.39, 0.29) is 11.4 Å². The summed E-state index contributed by atoms with van der Waals surface area (Å²) in [4.78, 5) is 16.8. The molecule has 2 amide bonds. The number of hydrogen-bond acceptors (Lipinski definition) is 2. The fraction of sp³-hybridized carbons (Fsp3) is 0.381. The van der Waals surface area contributed by atoms with Crippen LogP contribution in [0.5, 0.6) is 0 Å². The third-order valence-electron chi connectivity index (χ3n) is 5.56. The first-order valence-corrected chi connectivity index (χ1v) is 9.63. The van der Waals surface area contributed by atoms with Gasteiger partial charge in [-0.15, -0.1) is 0 Å². The maximum absolute atomic E-state index is 12.6. The van der Waals surface area contributed by atoms with Gasteiger partial charge in [0.25, 0.3) is 0 Å². The quantitative estimate of drug-likeness (QED) is 0.887. The molecule has 1 aliphatic heterocycles. The maximum Gasteiger partial charge on any atom is 0.317 e. The van der Waals surface area contributed by atoms with Crippen molar-refractivity contribution in [3.8, 4) is 0 Å². The van der Waals surface area contributed by atoms with E-state index in [2.05, 4.69) is 40.5 Å². The second kappa shape index (κ2) is 7.20. The van der Waals surface area contributed by atoms with Gasteiger partial charge in [0.1, 0.15) is 0 Å². The van der Waals surface area contributed by atoms with Crippen molar-refractivity contribution in [3.05, 3.63) is 65.2 Å². The molecule has 1 aliphatic carbocycles. The van der Waals surface area contributed by atoms with Crippen LogP contribution in [0.25, 0.3) is 0 Å². The van der Waals surface area contributed by atoms with Gasteiger partial charge in [-0.1, -0.05) is 48.0 Å². The zero-order valence-corrected chi connectivity index (χ0v) is 15.6. The number of amides is 2. The van der Waals surface area contributed by atoms with Gasteiger partial charge < -0.3 is 15.1 Å². The van der Waals surface area contributed by atoms with Gasteiger partial charge in [-0.2, -0.15) is 0 Å². The predicted molar refractivity (Wildman–Crippen MR) is 106 cm³/mol. The molecule has 1 N–H and O–H groups in total. The highest BCUT2D eigenvalue weighted by Crippen LogP contribution is 2.47. The Labute approximate surface area is 159 Å². The second-order valence-electron chi connectivity index (χ2n) is 7.26. The van der Waals surface area contributed by atoms with Crippen LogP contribution in [-0.2, 0) is 5.41 Å². The lowest BCUT2D eigenvalue weighted by Gasteiger charge is -2.36. The lowest BCUT2D eigenvalue weighted by Crippen LogP contribution is -2.52. The molecule has 4 rings (SSSR count). The Bertz CT molecular complexity index is 768. The standard InChI is InChI=1S/C21H24ClN3O/c22-18-7-4-8-19(15-18)24-11-13-25(14-12-24)20(26)23-16-21(9-10-21)17-5-2-1-3-6-17/h1-8,15H,9-14,16H2,(H,23,26). The minimum Gasteiger partial charge on any atom is -0.368 e. The van der Waals surface area contributed by atoms with E-state index in [1.165, 1.54) is 5.56 Å². The van der Waals surface area contributed by atoms with E-state index >= 15 is 0 Å².